The number of halogens is 1. The molecule has 2 aromatic carbocycles. The zero-order valence-electron chi connectivity index (χ0n) is 13.1. The Morgan fingerprint density at radius 1 is 1.16 bits per heavy atom. The molecule has 7 nitrogen and oxygen atoms in total. The molecule has 0 aromatic heterocycles. The summed E-state index contributed by atoms with van der Waals surface area (Å²) in [6.07, 6.45) is -1.15. The molecule has 0 spiro atoms. The van der Waals surface area contributed by atoms with Gasteiger partial charge in [0.2, 0.25) is 0 Å². The smallest absolute Gasteiger partial charge is 0.338 e. The molecule has 1 atom stereocenters. The summed E-state index contributed by atoms with van der Waals surface area (Å²) in [6, 6.07) is 9.81. The van der Waals surface area contributed by atoms with Gasteiger partial charge in [0.25, 0.3) is 15.9 Å². The quantitative estimate of drug-likeness (QED) is 0.754. The van der Waals surface area contributed by atoms with Crippen molar-refractivity contribution in [2.75, 3.05) is 4.72 Å². The van der Waals surface area contributed by atoms with Gasteiger partial charge in [-0.05, 0) is 49.4 Å². The zero-order valence-corrected chi connectivity index (χ0v) is 13.9. The third kappa shape index (κ3) is 4.77. The number of carbonyl (C=O) groups is 2. The van der Waals surface area contributed by atoms with Crippen molar-refractivity contribution in [1.82, 2.24) is 0 Å². The van der Waals surface area contributed by atoms with E-state index < -0.39 is 33.8 Å². The molecule has 1 unspecified atom stereocenters. The second kappa shape index (κ2) is 7.31. The molecule has 1 amide bonds. The van der Waals surface area contributed by atoms with Gasteiger partial charge in [-0.15, -0.1) is 0 Å². The van der Waals surface area contributed by atoms with Crippen LogP contribution in [0.15, 0.2) is 53.4 Å². The Morgan fingerprint density at radius 2 is 1.80 bits per heavy atom. The van der Waals surface area contributed by atoms with Gasteiger partial charge in [-0.2, -0.15) is 0 Å². The lowest BCUT2D eigenvalue weighted by Crippen LogP contribution is -2.30. The molecule has 9 heteroatoms. The lowest BCUT2D eigenvalue weighted by Gasteiger charge is -2.11. The van der Waals surface area contributed by atoms with Gasteiger partial charge >= 0.3 is 5.97 Å². The normalized spacial score (nSPS) is 12.2. The highest BCUT2D eigenvalue weighted by Crippen LogP contribution is 2.18. The monoisotopic (exact) mass is 366 g/mol. The van der Waals surface area contributed by atoms with Crippen molar-refractivity contribution < 1.29 is 27.1 Å². The minimum atomic E-state index is -4.00. The molecular weight excluding hydrogens is 351 g/mol. The van der Waals surface area contributed by atoms with Crippen molar-refractivity contribution in [3.63, 3.8) is 0 Å². The SMILES string of the molecule is CC(OC(=O)c1cccc(S(=O)(=O)Nc2ccc(F)cc2)c1)C(N)=O. The lowest BCUT2D eigenvalue weighted by atomic mass is 10.2. The summed E-state index contributed by atoms with van der Waals surface area (Å²) in [6.45, 7) is 1.30. The molecule has 0 heterocycles. The minimum Gasteiger partial charge on any atom is -0.449 e. The van der Waals surface area contributed by atoms with Crippen LogP contribution in [0, 0.1) is 5.82 Å². The first-order valence-electron chi connectivity index (χ1n) is 7.08. The summed E-state index contributed by atoms with van der Waals surface area (Å²) in [5.74, 6) is -2.21. The Bertz CT molecular complexity index is 897. The Morgan fingerprint density at radius 3 is 2.40 bits per heavy atom. The zero-order chi connectivity index (χ0) is 18.6. The van der Waals surface area contributed by atoms with Crippen molar-refractivity contribution >= 4 is 27.6 Å². The number of benzene rings is 2. The van der Waals surface area contributed by atoms with Crippen LogP contribution in [0.5, 0.6) is 0 Å². The summed E-state index contributed by atoms with van der Waals surface area (Å²) >= 11 is 0. The fraction of sp³-hybridized carbons (Fsp3) is 0.125. The van der Waals surface area contributed by atoms with Crippen molar-refractivity contribution in [1.29, 1.82) is 0 Å². The maximum Gasteiger partial charge on any atom is 0.338 e. The summed E-state index contributed by atoms with van der Waals surface area (Å²) in [5, 5.41) is 0. The molecule has 0 radical (unpaired) electrons. The first-order chi connectivity index (χ1) is 11.7. The number of ether oxygens (including phenoxy) is 1. The maximum atomic E-state index is 12.9. The summed E-state index contributed by atoms with van der Waals surface area (Å²) in [7, 11) is -4.00. The predicted molar refractivity (Wildman–Crippen MR) is 87.7 cm³/mol. The highest BCUT2D eigenvalue weighted by atomic mass is 32.2. The first kappa shape index (κ1) is 18.4. The molecule has 0 bridgehead atoms. The van der Waals surface area contributed by atoms with E-state index in [1.54, 1.807) is 0 Å². The molecule has 2 aromatic rings. The Balaban J connectivity index is 2.23. The molecule has 0 saturated carbocycles. The van der Waals surface area contributed by atoms with Crippen LogP contribution in [-0.4, -0.2) is 26.4 Å². The second-order valence-corrected chi connectivity index (χ2v) is 6.77. The Labute approximate surface area is 143 Å². The number of nitrogens with one attached hydrogen (secondary N) is 1. The van der Waals surface area contributed by atoms with Crippen LogP contribution in [-0.2, 0) is 19.6 Å². The van der Waals surface area contributed by atoms with Crippen LogP contribution in [0.4, 0.5) is 10.1 Å². The van der Waals surface area contributed by atoms with Crippen molar-refractivity contribution in [3.05, 3.63) is 59.9 Å². The number of hydrogen-bond acceptors (Lipinski definition) is 5. The predicted octanol–water partition coefficient (Wildman–Crippen LogP) is 1.66. The van der Waals surface area contributed by atoms with Gasteiger partial charge < -0.3 is 10.5 Å². The fourth-order valence-corrected chi connectivity index (χ4v) is 2.91. The number of carbonyl (C=O) groups excluding carboxylic acids is 2. The van der Waals surface area contributed by atoms with Gasteiger partial charge in [0.05, 0.1) is 10.5 Å². The van der Waals surface area contributed by atoms with E-state index in [0.29, 0.717) is 0 Å². The third-order valence-electron chi connectivity index (χ3n) is 3.16. The van der Waals surface area contributed by atoms with Gasteiger partial charge in [-0.1, -0.05) is 6.07 Å². The van der Waals surface area contributed by atoms with Gasteiger partial charge in [0, 0.05) is 5.69 Å². The van der Waals surface area contributed by atoms with Gasteiger partial charge in [0.15, 0.2) is 6.10 Å². The van der Waals surface area contributed by atoms with Crippen LogP contribution in [0.25, 0.3) is 0 Å². The van der Waals surface area contributed by atoms with E-state index in [1.807, 2.05) is 0 Å². The molecule has 0 aliphatic carbocycles. The van der Waals surface area contributed by atoms with Crippen molar-refractivity contribution in [2.24, 2.45) is 5.73 Å². The topological polar surface area (TPSA) is 116 Å². The lowest BCUT2D eigenvalue weighted by molar-refractivity contribution is -0.125. The van der Waals surface area contributed by atoms with E-state index >= 15 is 0 Å². The number of sulfonamides is 1. The van der Waals surface area contributed by atoms with Crippen LogP contribution in [0.1, 0.15) is 17.3 Å². The highest BCUT2D eigenvalue weighted by Gasteiger charge is 2.20. The van der Waals surface area contributed by atoms with E-state index in [9.17, 15) is 22.4 Å². The molecule has 2 rings (SSSR count). The van der Waals surface area contributed by atoms with E-state index in [0.717, 1.165) is 18.2 Å². The second-order valence-electron chi connectivity index (χ2n) is 5.09. The van der Waals surface area contributed by atoms with Crippen LogP contribution in [0.2, 0.25) is 0 Å². The fourth-order valence-electron chi connectivity index (χ4n) is 1.81. The molecule has 0 aliphatic rings. The highest BCUT2D eigenvalue weighted by molar-refractivity contribution is 7.92. The maximum absolute atomic E-state index is 12.9. The van der Waals surface area contributed by atoms with Crippen molar-refractivity contribution in [3.8, 4) is 0 Å². The van der Waals surface area contributed by atoms with Gasteiger partial charge in [0.1, 0.15) is 5.82 Å². The number of rotatable bonds is 6. The molecule has 3 N–H and O–H groups in total. The Hall–Kier alpha value is -2.94. The van der Waals surface area contributed by atoms with Gasteiger partial charge in [-0.3, -0.25) is 9.52 Å². The summed E-state index contributed by atoms with van der Waals surface area (Å²) in [4.78, 5) is 22.7. The molecule has 0 fully saturated rings. The largest absolute Gasteiger partial charge is 0.449 e. The molecular formula is C16H15FN2O5S. The number of esters is 1. The summed E-state index contributed by atoms with van der Waals surface area (Å²) in [5.41, 5.74) is 5.11. The molecule has 132 valence electrons. The number of primary amides is 1. The van der Waals surface area contributed by atoms with Gasteiger partial charge in [-0.25, -0.2) is 17.6 Å². The van der Waals surface area contributed by atoms with E-state index in [2.05, 4.69) is 4.72 Å². The average molecular weight is 366 g/mol. The average Bonchev–Trinajstić information content (AvgIpc) is 2.56. The first-order valence-corrected chi connectivity index (χ1v) is 8.56. The van der Waals surface area contributed by atoms with Crippen LogP contribution in [0.3, 0.4) is 0 Å². The van der Waals surface area contributed by atoms with E-state index in [4.69, 9.17) is 10.5 Å². The number of hydrogen-bond donors (Lipinski definition) is 2. The van der Waals surface area contributed by atoms with Crippen molar-refractivity contribution in [2.45, 2.75) is 17.9 Å². The minimum absolute atomic E-state index is 0.0601. The van der Waals surface area contributed by atoms with E-state index in [1.165, 1.54) is 37.3 Å². The molecule has 0 saturated heterocycles. The third-order valence-corrected chi connectivity index (χ3v) is 4.54. The molecule has 0 aliphatic heterocycles. The summed E-state index contributed by atoms with van der Waals surface area (Å²) < 4.78 is 44.7. The molecule has 25 heavy (non-hydrogen) atoms. The number of anilines is 1. The van der Waals surface area contributed by atoms with E-state index in [-0.39, 0.29) is 16.1 Å². The van der Waals surface area contributed by atoms with Crippen LogP contribution < -0.4 is 10.5 Å². The number of amides is 1. The standard InChI is InChI=1S/C16H15FN2O5S/c1-10(15(18)20)24-16(21)11-3-2-4-14(9-11)25(22,23)19-13-7-5-12(17)6-8-13/h2-10,19H,1H3,(H2,18,20). The Kier molecular flexibility index (Phi) is 5.38. The van der Waals surface area contributed by atoms with Crippen LogP contribution >= 0.6 is 0 Å². The number of nitrogens with two attached hydrogens (primary N) is 1.